The van der Waals surface area contributed by atoms with Gasteiger partial charge in [0.2, 0.25) is 0 Å². The predicted molar refractivity (Wildman–Crippen MR) is 119 cm³/mol. The molecule has 1 heterocycles. The molecule has 0 atom stereocenters. The number of aryl methyl sites for hydroxylation is 1. The SMILES string of the molecule is CCOc1cc(-c2cc(C)[nH]c(=O)c2C#N)cc(Cl)c1OCC(=O)Nc1ccccc1. The average Bonchev–Trinajstić information content (AvgIpc) is 2.73. The van der Waals surface area contributed by atoms with Crippen molar-refractivity contribution in [2.24, 2.45) is 0 Å². The fourth-order valence-electron chi connectivity index (χ4n) is 3.01. The van der Waals surface area contributed by atoms with Crippen molar-refractivity contribution in [1.82, 2.24) is 4.98 Å². The summed E-state index contributed by atoms with van der Waals surface area (Å²) in [5.74, 6) is 0.153. The van der Waals surface area contributed by atoms with Crippen molar-refractivity contribution in [3.05, 3.63) is 75.2 Å². The van der Waals surface area contributed by atoms with E-state index in [1.54, 1.807) is 44.2 Å². The smallest absolute Gasteiger partial charge is 0.266 e. The molecular weight excluding hydrogens is 418 g/mol. The number of ether oxygens (including phenoxy) is 2. The molecule has 0 saturated carbocycles. The van der Waals surface area contributed by atoms with Gasteiger partial charge in [0.15, 0.2) is 18.1 Å². The molecule has 158 valence electrons. The Morgan fingerprint density at radius 3 is 2.61 bits per heavy atom. The summed E-state index contributed by atoms with van der Waals surface area (Å²) in [5.41, 5.74) is 1.70. The van der Waals surface area contributed by atoms with Gasteiger partial charge in [0.1, 0.15) is 11.6 Å². The second-order valence-corrected chi connectivity index (χ2v) is 7.01. The number of carbonyl (C=O) groups excluding carboxylic acids is 1. The van der Waals surface area contributed by atoms with Crippen LogP contribution < -0.4 is 20.3 Å². The third-order valence-corrected chi connectivity index (χ3v) is 4.59. The molecule has 0 aliphatic rings. The van der Waals surface area contributed by atoms with Crippen LogP contribution >= 0.6 is 11.6 Å². The molecule has 0 aliphatic carbocycles. The van der Waals surface area contributed by atoms with E-state index in [9.17, 15) is 14.9 Å². The number of rotatable bonds is 7. The Bertz CT molecular complexity index is 1200. The molecule has 0 bridgehead atoms. The minimum absolute atomic E-state index is 0.0278. The maximum Gasteiger partial charge on any atom is 0.266 e. The van der Waals surface area contributed by atoms with Gasteiger partial charge in [0, 0.05) is 16.9 Å². The van der Waals surface area contributed by atoms with Gasteiger partial charge in [-0.15, -0.1) is 0 Å². The highest BCUT2D eigenvalue weighted by Gasteiger charge is 2.18. The van der Waals surface area contributed by atoms with Gasteiger partial charge in [0.25, 0.3) is 11.5 Å². The van der Waals surface area contributed by atoms with E-state index < -0.39 is 5.56 Å². The third kappa shape index (κ3) is 5.24. The van der Waals surface area contributed by atoms with E-state index in [2.05, 4.69) is 10.3 Å². The number of nitriles is 1. The van der Waals surface area contributed by atoms with E-state index in [0.717, 1.165) is 0 Å². The van der Waals surface area contributed by atoms with Crippen molar-refractivity contribution < 1.29 is 14.3 Å². The first-order valence-electron chi connectivity index (χ1n) is 9.51. The predicted octanol–water partition coefficient (Wildman–Crippen LogP) is 4.29. The molecule has 3 rings (SSSR count). The molecule has 1 aromatic heterocycles. The number of para-hydroxylation sites is 1. The Morgan fingerprint density at radius 1 is 1.19 bits per heavy atom. The number of nitrogens with one attached hydrogen (secondary N) is 2. The van der Waals surface area contributed by atoms with Gasteiger partial charge in [-0.25, -0.2) is 0 Å². The van der Waals surface area contributed by atoms with Gasteiger partial charge in [-0.1, -0.05) is 29.8 Å². The fraction of sp³-hybridized carbons (Fsp3) is 0.174. The lowest BCUT2D eigenvalue weighted by molar-refractivity contribution is -0.118. The molecule has 3 aromatic rings. The Morgan fingerprint density at radius 2 is 1.94 bits per heavy atom. The summed E-state index contributed by atoms with van der Waals surface area (Å²) in [6.45, 7) is 3.57. The largest absolute Gasteiger partial charge is 0.490 e. The van der Waals surface area contributed by atoms with Gasteiger partial charge in [-0.3, -0.25) is 9.59 Å². The van der Waals surface area contributed by atoms with Crippen LogP contribution in [0.4, 0.5) is 5.69 Å². The summed E-state index contributed by atoms with van der Waals surface area (Å²) in [6.07, 6.45) is 0. The number of nitrogens with zero attached hydrogens (tertiary/aromatic N) is 1. The third-order valence-electron chi connectivity index (χ3n) is 4.31. The summed E-state index contributed by atoms with van der Waals surface area (Å²) in [7, 11) is 0. The number of hydrogen-bond donors (Lipinski definition) is 2. The molecular formula is C23H20ClN3O4. The second-order valence-electron chi connectivity index (χ2n) is 6.60. The van der Waals surface area contributed by atoms with Gasteiger partial charge >= 0.3 is 0 Å². The maximum atomic E-state index is 12.2. The normalized spacial score (nSPS) is 10.3. The molecule has 31 heavy (non-hydrogen) atoms. The summed E-state index contributed by atoms with van der Waals surface area (Å²) in [5, 5.41) is 12.3. The Hall–Kier alpha value is -3.76. The highest BCUT2D eigenvalue weighted by Crippen LogP contribution is 2.40. The standard InChI is InChI=1S/C23H20ClN3O4/c1-3-30-20-11-15(17-9-14(2)26-23(29)18(17)12-25)10-19(24)22(20)31-13-21(28)27-16-7-5-4-6-8-16/h4-11H,3,13H2,1-2H3,(H,26,29)(H,27,28). The first kappa shape index (κ1) is 21.9. The zero-order valence-corrected chi connectivity index (χ0v) is 17.7. The maximum absolute atomic E-state index is 12.2. The van der Waals surface area contributed by atoms with Gasteiger partial charge < -0.3 is 19.8 Å². The monoisotopic (exact) mass is 437 g/mol. The summed E-state index contributed by atoms with van der Waals surface area (Å²) >= 11 is 6.43. The van der Waals surface area contributed by atoms with Crippen LogP contribution in [0.5, 0.6) is 11.5 Å². The van der Waals surface area contributed by atoms with E-state index in [1.807, 2.05) is 24.3 Å². The number of halogens is 1. The van der Waals surface area contributed by atoms with E-state index in [1.165, 1.54) is 0 Å². The molecule has 0 aliphatic heterocycles. The second kappa shape index (κ2) is 9.83. The van der Waals surface area contributed by atoms with Crippen LogP contribution in [0.15, 0.2) is 53.3 Å². The zero-order valence-electron chi connectivity index (χ0n) is 17.0. The number of benzene rings is 2. The van der Waals surface area contributed by atoms with Crippen molar-refractivity contribution >= 4 is 23.2 Å². The number of amides is 1. The molecule has 0 spiro atoms. The molecule has 2 N–H and O–H groups in total. The zero-order chi connectivity index (χ0) is 22.4. The molecule has 0 fully saturated rings. The topological polar surface area (TPSA) is 104 Å². The molecule has 2 aromatic carbocycles. The number of anilines is 1. The first-order chi connectivity index (χ1) is 14.9. The van der Waals surface area contributed by atoms with Crippen LogP contribution in [0.1, 0.15) is 18.2 Å². The van der Waals surface area contributed by atoms with E-state index in [4.69, 9.17) is 21.1 Å². The Labute approximate surface area is 184 Å². The lowest BCUT2D eigenvalue weighted by Gasteiger charge is -2.16. The Balaban J connectivity index is 1.90. The number of H-pyrrole nitrogens is 1. The quantitative estimate of drug-likeness (QED) is 0.573. The number of pyridine rings is 1. The van der Waals surface area contributed by atoms with E-state index in [0.29, 0.717) is 34.9 Å². The summed E-state index contributed by atoms with van der Waals surface area (Å²) < 4.78 is 11.3. The van der Waals surface area contributed by atoms with Crippen molar-refractivity contribution in [2.75, 3.05) is 18.5 Å². The average molecular weight is 438 g/mol. The van der Waals surface area contributed by atoms with Crippen molar-refractivity contribution in [1.29, 1.82) is 5.26 Å². The van der Waals surface area contributed by atoms with Crippen molar-refractivity contribution in [3.8, 4) is 28.7 Å². The Kier molecular flexibility index (Phi) is 6.96. The molecule has 8 heteroatoms. The molecule has 0 radical (unpaired) electrons. The van der Waals surface area contributed by atoms with E-state index >= 15 is 0 Å². The van der Waals surface area contributed by atoms with Crippen LogP contribution in [-0.2, 0) is 4.79 Å². The fourth-order valence-corrected chi connectivity index (χ4v) is 3.28. The van der Waals surface area contributed by atoms with Crippen LogP contribution in [0, 0.1) is 18.3 Å². The highest BCUT2D eigenvalue weighted by molar-refractivity contribution is 6.32. The minimum atomic E-state index is -0.482. The summed E-state index contributed by atoms with van der Waals surface area (Å²) in [4.78, 5) is 27.0. The van der Waals surface area contributed by atoms with E-state index in [-0.39, 0.29) is 28.8 Å². The molecule has 0 unspecified atom stereocenters. The van der Waals surface area contributed by atoms with Crippen LogP contribution in [-0.4, -0.2) is 24.1 Å². The number of hydrogen-bond acceptors (Lipinski definition) is 5. The van der Waals surface area contributed by atoms with Crippen LogP contribution in [0.25, 0.3) is 11.1 Å². The molecule has 7 nitrogen and oxygen atoms in total. The highest BCUT2D eigenvalue weighted by atomic mass is 35.5. The molecule has 1 amide bonds. The van der Waals surface area contributed by atoms with Crippen LogP contribution in [0.2, 0.25) is 5.02 Å². The number of carbonyl (C=O) groups is 1. The van der Waals surface area contributed by atoms with Gasteiger partial charge in [-0.2, -0.15) is 5.26 Å². The van der Waals surface area contributed by atoms with Crippen LogP contribution in [0.3, 0.4) is 0 Å². The number of aromatic nitrogens is 1. The lowest BCUT2D eigenvalue weighted by Crippen LogP contribution is -2.20. The minimum Gasteiger partial charge on any atom is -0.490 e. The lowest BCUT2D eigenvalue weighted by atomic mass is 10.0. The number of aromatic amines is 1. The van der Waals surface area contributed by atoms with Crippen molar-refractivity contribution in [2.45, 2.75) is 13.8 Å². The first-order valence-corrected chi connectivity index (χ1v) is 9.89. The summed E-state index contributed by atoms with van der Waals surface area (Å²) in [6, 6.07) is 15.8. The van der Waals surface area contributed by atoms with Crippen molar-refractivity contribution in [3.63, 3.8) is 0 Å². The molecule has 0 saturated heterocycles. The van der Waals surface area contributed by atoms with Gasteiger partial charge in [-0.05, 0) is 49.7 Å². The van der Waals surface area contributed by atoms with Gasteiger partial charge in [0.05, 0.1) is 11.6 Å².